The van der Waals surface area contributed by atoms with Gasteiger partial charge in [0.05, 0.1) is 6.61 Å². The number of nitrogens with one attached hydrogen (secondary N) is 1. The number of hydrogen-bond acceptors (Lipinski definition) is 5. The Hall–Kier alpha value is -1.52. The fourth-order valence-corrected chi connectivity index (χ4v) is 1.22. The van der Waals surface area contributed by atoms with E-state index in [-0.39, 0.29) is 5.92 Å². The third kappa shape index (κ3) is 2.74. The standard InChI is InChI=1S/C11H20N4O/c1-5-6-16-11-8(12)10(13-4)14-9(15-11)7(2)3/h7H,5-6,12H2,1-4H3,(H,13,14,15). The Labute approximate surface area is 96.4 Å². The van der Waals surface area contributed by atoms with Crippen molar-refractivity contribution in [2.24, 2.45) is 0 Å². The minimum absolute atomic E-state index is 0.247. The zero-order valence-electron chi connectivity index (χ0n) is 10.4. The first-order valence-corrected chi connectivity index (χ1v) is 5.58. The average molecular weight is 224 g/mol. The SMILES string of the molecule is CCCOc1nc(C(C)C)nc(NC)c1N. The van der Waals surface area contributed by atoms with E-state index in [1.54, 1.807) is 7.05 Å². The summed E-state index contributed by atoms with van der Waals surface area (Å²) >= 11 is 0. The Morgan fingerprint density at radius 3 is 2.56 bits per heavy atom. The number of aromatic nitrogens is 2. The molecule has 1 aromatic heterocycles. The van der Waals surface area contributed by atoms with Gasteiger partial charge in [-0.3, -0.25) is 0 Å². The molecule has 5 nitrogen and oxygen atoms in total. The number of ether oxygens (including phenoxy) is 1. The molecule has 16 heavy (non-hydrogen) atoms. The van der Waals surface area contributed by atoms with Gasteiger partial charge >= 0.3 is 0 Å². The smallest absolute Gasteiger partial charge is 0.242 e. The first-order valence-electron chi connectivity index (χ1n) is 5.58. The van der Waals surface area contributed by atoms with E-state index in [0.717, 1.165) is 12.2 Å². The molecule has 0 unspecified atom stereocenters. The molecule has 5 heteroatoms. The maximum Gasteiger partial charge on any atom is 0.242 e. The summed E-state index contributed by atoms with van der Waals surface area (Å²) in [4.78, 5) is 8.65. The topological polar surface area (TPSA) is 73.1 Å². The van der Waals surface area contributed by atoms with E-state index < -0.39 is 0 Å². The van der Waals surface area contributed by atoms with Crippen molar-refractivity contribution in [2.45, 2.75) is 33.1 Å². The molecule has 0 spiro atoms. The first kappa shape index (κ1) is 12.5. The first-order chi connectivity index (χ1) is 7.60. The van der Waals surface area contributed by atoms with E-state index in [9.17, 15) is 0 Å². The molecule has 0 atom stereocenters. The molecule has 0 radical (unpaired) electrons. The Bertz CT molecular complexity index is 352. The minimum atomic E-state index is 0.247. The molecule has 0 bridgehead atoms. The normalized spacial score (nSPS) is 10.6. The van der Waals surface area contributed by atoms with E-state index in [2.05, 4.69) is 15.3 Å². The summed E-state index contributed by atoms with van der Waals surface area (Å²) in [6.07, 6.45) is 0.926. The summed E-state index contributed by atoms with van der Waals surface area (Å²) in [6.45, 7) is 6.73. The van der Waals surface area contributed by atoms with Gasteiger partial charge in [0, 0.05) is 13.0 Å². The van der Waals surface area contributed by atoms with Crippen LogP contribution in [0.15, 0.2) is 0 Å². The Balaban J connectivity index is 3.08. The highest BCUT2D eigenvalue weighted by Gasteiger charge is 2.13. The zero-order chi connectivity index (χ0) is 12.1. The Kier molecular flexibility index (Phi) is 4.34. The van der Waals surface area contributed by atoms with Crippen LogP contribution >= 0.6 is 0 Å². The maximum absolute atomic E-state index is 5.89. The number of nitrogens with two attached hydrogens (primary N) is 1. The summed E-state index contributed by atoms with van der Waals surface area (Å²) in [5.41, 5.74) is 6.36. The molecule has 0 saturated carbocycles. The van der Waals surface area contributed by atoms with Crippen LogP contribution in [0.3, 0.4) is 0 Å². The lowest BCUT2D eigenvalue weighted by Gasteiger charge is -2.13. The third-order valence-electron chi connectivity index (χ3n) is 2.12. The van der Waals surface area contributed by atoms with Crippen LogP contribution in [-0.2, 0) is 0 Å². The number of rotatable bonds is 5. The second kappa shape index (κ2) is 5.53. The summed E-state index contributed by atoms with van der Waals surface area (Å²) in [5, 5.41) is 2.95. The van der Waals surface area contributed by atoms with Gasteiger partial charge in [-0.1, -0.05) is 20.8 Å². The van der Waals surface area contributed by atoms with Crippen LogP contribution in [0.1, 0.15) is 38.9 Å². The van der Waals surface area contributed by atoms with Crippen LogP contribution in [0.5, 0.6) is 5.88 Å². The predicted octanol–water partition coefficient (Wildman–Crippen LogP) is 2.01. The van der Waals surface area contributed by atoms with Crippen molar-refractivity contribution >= 4 is 11.5 Å². The van der Waals surface area contributed by atoms with Crippen LogP contribution in [-0.4, -0.2) is 23.6 Å². The van der Waals surface area contributed by atoms with Crippen molar-refractivity contribution in [3.63, 3.8) is 0 Å². The largest absolute Gasteiger partial charge is 0.476 e. The second-order valence-electron chi connectivity index (χ2n) is 3.90. The highest BCUT2D eigenvalue weighted by molar-refractivity contribution is 5.66. The van der Waals surface area contributed by atoms with Crippen LogP contribution < -0.4 is 15.8 Å². The minimum Gasteiger partial charge on any atom is -0.476 e. The van der Waals surface area contributed by atoms with E-state index in [0.29, 0.717) is 24.0 Å². The summed E-state index contributed by atoms with van der Waals surface area (Å²) < 4.78 is 5.50. The zero-order valence-corrected chi connectivity index (χ0v) is 10.4. The molecule has 1 heterocycles. The molecule has 1 rings (SSSR count). The van der Waals surface area contributed by atoms with Gasteiger partial charge in [-0.05, 0) is 6.42 Å². The molecule has 0 amide bonds. The van der Waals surface area contributed by atoms with Crippen LogP contribution in [0, 0.1) is 0 Å². The monoisotopic (exact) mass is 224 g/mol. The van der Waals surface area contributed by atoms with Crippen LogP contribution in [0.25, 0.3) is 0 Å². The van der Waals surface area contributed by atoms with E-state index in [4.69, 9.17) is 10.5 Å². The predicted molar refractivity (Wildman–Crippen MR) is 65.9 cm³/mol. The quantitative estimate of drug-likeness (QED) is 0.800. The molecule has 0 aromatic carbocycles. The van der Waals surface area contributed by atoms with Gasteiger partial charge in [0.15, 0.2) is 5.82 Å². The number of nitrogen functional groups attached to an aromatic ring is 1. The molecule has 1 aromatic rings. The summed E-state index contributed by atoms with van der Waals surface area (Å²) in [7, 11) is 1.78. The number of anilines is 2. The average Bonchev–Trinajstić information content (AvgIpc) is 2.27. The molecule has 90 valence electrons. The van der Waals surface area contributed by atoms with Gasteiger partial charge in [-0.15, -0.1) is 0 Å². The Morgan fingerprint density at radius 1 is 1.38 bits per heavy atom. The number of nitrogens with zero attached hydrogens (tertiary/aromatic N) is 2. The van der Waals surface area contributed by atoms with Gasteiger partial charge in [0.1, 0.15) is 11.5 Å². The fraction of sp³-hybridized carbons (Fsp3) is 0.636. The summed E-state index contributed by atoms with van der Waals surface area (Å²) in [6, 6.07) is 0. The highest BCUT2D eigenvalue weighted by Crippen LogP contribution is 2.27. The van der Waals surface area contributed by atoms with Crippen molar-refractivity contribution in [3.8, 4) is 5.88 Å². The van der Waals surface area contributed by atoms with Gasteiger partial charge in [0.2, 0.25) is 5.88 Å². The molecule has 0 saturated heterocycles. The van der Waals surface area contributed by atoms with E-state index >= 15 is 0 Å². The molecule has 0 aliphatic heterocycles. The molecular weight excluding hydrogens is 204 g/mol. The third-order valence-corrected chi connectivity index (χ3v) is 2.12. The highest BCUT2D eigenvalue weighted by atomic mass is 16.5. The molecule has 0 aliphatic carbocycles. The van der Waals surface area contributed by atoms with Gasteiger partial charge in [-0.2, -0.15) is 4.98 Å². The van der Waals surface area contributed by atoms with Gasteiger partial charge < -0.3 is 15.8 Å². The van der Waals surface area contributed by atoms with E-state index in [1.165, 1.54) is 0 Å². The second-order valence-corrected chi connectivity index (χ2v) is 3.90. The maximum atomic E-state index is 5.89. The van der Waals surface area contributed by atoms with Gasteiger partial charge in [-0.25, -0.2) is 4.98 Å². The van der Waals surface area contributed by atoms with Crippen molar-refractivity contribution in [3.05, 3.63) is 5.82 Å². The van der Waals surface area contributed by atoms with Crippen molar-refractivity contribution < 1.29 is 4.74 Å². The molecule has 0 aliphatic rings. The lowest BCUT2D eigenvalue weighted by atomic mass is 10.2. The van der Waals surface area contributed by atoms with Crippen molar-refractivity contribution in [1.29, 1.82) is 0 Å². The number of hydrogen-bond donors (Lipinski definition) is 2. The molecule has 3 N–H and O–H groups in total. The lowest BCUT2D eigenvalue weighted by Crippen LogP contribution is -2.10. The van der Waals surface area contributed by atoms with Gasteiger partial charge in [0.25, 0.3) is 0 Å². The fourth-order valence-electron chi connectivity index (χ4n) is 1.22. The van der Waals surface area contributed by atoms with Crippen molar-refractivity contribution in [1.82, 2.24) is 9.97 Å². The molecular formula is C11H20N4O. The molecule has 0 fully saturated rings. The van der Waals surface area contributed by atoms with E-state index in [1.807, 2.05) is 20.8 Å². The Morgan fingerprint density at radius 2 is 2.06 bits per heavy atom. The van der Waals surface area contributed by atoms with Crippen LogP contribution in [0.4, 0.5) is 11.5 Å². The van der Waals surface area contributed by atoms with Crippen LogP contribution in [0.2, 0.25) is 0 Å². The lowest BCUT2D eigenvalue weighted by molar-refractivity contribution is 0.305. The summed E-state index contributed by atoms with van der Waals surface area (Å²) in [5.74, 6) is 2.09. The van der Waals surface area contributed by atoms with Crippen molar-refractivity contribution in [2.75, 3.05) is 24.7 Å².